The van der Waals surface area contributed by atoms with Gasteiger partial charge in [0.1, 0.15) is 0 Å². The van der Waals surface area contributed by atoms with Gasteiger partial charge in [-0.05, 0) is 26.7 Å². The van der Waals surface area contributed by atoms with E-state index in [1.807, 2.05) is 20.2 Å². The smallest absolute Gasteiger partial charge is 0.234 e. The molecule has 2 N–H and O–H groups in total. The van der Waals surface area contributed by atoms with Gasteiger partial charge in [0.15, 0.2) is 0 Å². The minimum Gasteiger partial charge on any atom is -0.352 e. The van der Waals surface area contributed by atoms with Gasteiger partial charge in [-0.15, -0.1) is 0 Å². The first kappa shape index (κ1) is 12.1. The highest BCUT2D eigenvalue weighted by atomic mass is 16.2. The van der Waals surface area contributed by atoms with E-state index in [4.69, 9.17) is 0 Å². The van der Waals surface area contributed by atoms with Gasteiger partial charge in [0, 0.05) is 30.9 Å². The first-order valence-electron chi connectivity index (χ1n) is 6.09. The quantitative estimate of drug-likeness (QED) is 0.789. The number of nitrogens with one attached hydrogen (secondary N) is 2. The van der Waals surface area contributed by atoms with Gasteiger partial charge in [-0.3, -0.25) is 9.48 Å². The number of aryl methyl sites for hydroxylation is 2. The molecule has 0 radical (unpaired) electrons. The summed E-state index contributed by atoms with van der Waals surface area (Å²) in [5, 5.41) is 10.5. The number of nitrogens with zero attached hydrogens (tertiary/aromatic N) is 2. The van der Waals surface area contributed by atoms with E-state index in [9.17, 15) is 4.79 Å². The van der Waals surface area contributed by atoms with Crippen LogP contribution in [0.5, 0.6) is 0 Å². The second kappa shape index (κ2) is 4.87. The van der Waals surface area contributed by atoms with E-state index in [1.54, 1.807) is 4.68 Å². The molecule has 0 saturated heterocycles. The summed E-state index contributed by atoms with van der Waals surface area (Å²) in [4.78, 5) is 11.5. The molecule has 0 aromatic carbocycles. The minimum absolute atomic E-state index is 0.0842. The fourth-order valence-electron chi connectivity index (χ4n) is 1.91. The summed E-state index contributed by atoms with van der Waals surface area (Å²) in [6, 6.07) is 0.577. The Labute approximate surface area is 102 Å². The third kappa shape index (κ3) is 3.30. The summed E-state index contributed by atoms with van der Waals surface area (Å²) in [5.74, 6) is 0.0842. The summed E-state index contributed by atoms with van der Waals surface area (Å²) in [6.45, 7) is 4.40. The molecule has 1 aliphatic rings. The Morgan fingerprint density at radius 3 is 2.88 bits per heavy atom. The molecule has 1 amide bonds. The Balaban J connectivity index is 1.81. The molecule has 1 fully saturated rings. The van der Waals surface area contributed by atoms with Crippen molar-refractivity contribution in [1.29, 1.82) is 0 Å². The maximum Gasteiger partial charge on any atom is 0.234 e. The Kier molecular flexibility index (Phi) is 3.47. The number of amides is 1. The summed E-state index contributed by atoms with van der Waals surface area (Å²) in [5.41, 5.74) is 2.15. The molecule has 1 heterocycles. The average Bonchev–Trinajstić information content (AvgIpc) is 3.00. The predicted octanol–water partition coefficient (Wildman–Crippen LogP) is 0.658. The monoisotopic (exact) mass is 236 g/mol. The zero-order valence-corrected chi connectivity index (χ0v) is 10.7. The lowest BCUT2D eigenvalue weighted by atomic mass is 10.1. The number of aromatic nitrogens is 2. The van der Waals surface area contributed by atoms with E-state index in [0.717, 1.165) is 24.1 Å². The molecule has 1 unspecified atom stereocenters. The van der Waals surface area contributed by atoms with Crippen molar-refractivity contribution in [2.75, 3.05) is 6.54 Å². The van der Waals surface area contributed by atoms with E-state index in [-0.39, 0.29) is 11.9 Å². The van der Waals surface area contributed by atoms with Crippen molar-refractivity contribution in [3.05, 3.63) is 17.5 Å². The maximum atomic E-state index is 11.5. The molecule has 0 spiro atoms. The van der Waals surface area contributed by atoms with Crippen LogP contribution in [-0.4, -0.2) is 28.3 Å². The Bertz CT molecular complexity index is 409. The summed E-state index contributed by atoms with van der Waals surface area (Å²) in [7, 11) is 1.91. The molecule has 1 aromatic heterocycles. The van der Waals surface area contributed by atoms with Crippen molar-refractivity contribution in [3.63, 3.8) is 0 Å². The highest BCUT2D eigenvalue weighted by molar-refractivity contribution is 5.78. The summed E-state index contributed by atoms with van der Waals surface area (Å²) >= 11 is 0. The van der Waals surface area contributed by atoms with Crippen molar-refractivity contribution < 1.29 is 4.79 Å². The van der Waals surface area contributed by atoms with Crippen LogP contribution in [-0.2, 0) is 11.8 Å². The molecule has 2 rings (SSSR count). The van der Waals surface area contributed by atoms with Crippen LogP contribution in [0.1, 0.15) is 37.1 Å². The summed E-state index contributed by atoms with van der Waals surface area (Å²) in [6.07, 6.45) is 4.25. The lowest BCUT2D eigenvalue weighted by Crippen LogP contribution is -2.36. The third-order valence-electron chi connectivity index (χ3n) is 3.03. The zero-order valence-electron chi connectivity index (χ0n) is 10.7. The number of carbonyl (C=O) groups excluding carboxylic acids is 1. The van der Waals surface area contributed by atoms with Crippen molar-refractivity contribution in [2.45, 2.75) is 38.8 Å². The van der Waals surface area contributed by atoms with Crippen LogP contribution in [0.4, 0.5) is 0 Å². The van der Waals surface area contributed by atoms with E-state index in [0.29, 0.717) is 12.6 Å². The summed E-state index contributed by atoms with van der Waals surface area (Å²) < 4.78 is 1.80. The first-order valence-corrected chi connectivity index (χ1v) is 6.09. The van der Waals surface area contributed by atoms with Gasteiger partial charge < -0.3 is 10.6 Å². The van der Waals surface area contributed by atoms with Gasteiger partial charge in [-0.25, -0.2) is 0 Å². The van der Waals surface area contributed by atoms with Crippen LogP contribution in [0, 0.1) is 6.92 Å². The van der Waals surface area contributed by atoms with Gasteiger partial charge in [0.2, 0.25) is 5.91 Å². The average molecular weight is 236 g/mol. The van der Waals surface area contributed by atoms with Crippen LogP contribution in [0.15, 0.2) is 6.20 Å². The van der Waals surface area contributed by atoms with Gasteiger partial charge in [-0.1, -0.05) is 0 Å². The van der Waals surface area contributed by atoms with Crippen LogP contribution in [0.3, 0.4) is 0 Å². The lowest BCUT2D eigenvalue weighted by molar-refractivity contribution is -0.120. The molecule has 5 nitrogen and oxygen atoms in total. The fourth-order valence-corrected chi connectivity index (χ4v) is 1.91. The molecular formula is C12H20N4O. The zero-order chi connectivity index (χ0) is 12.4. The molecule has 1 aromatic rings. The number of rotatable bonds is 5. The predicted molar refractivity (Wildman–Crippen MR) is 65.5 cm³/mol. The Morgan fingerprint density at radius 1 is 1.65 bits per heavy atom. The van der Waals surface area contributed by atoms with Crippen molar-refractivity contribution >= 4 is 5.91 Å². The number of hydrogen-bond donors (Lipinski definition) is 2. The topological polar surface area (TPSA) is 59.0 Å². The van der Waals surface area contributed by atoms with Gasteiger partial charge in [-0.2, -0.15) is 5.10 Å². The van der Waals surface area contributed by atoms with E-state index >= 15 is 0 Å². The number of hydrogen-bond acceptors (Lipinski definition) is 3. The standard InChI is InChI=1S/C12H20N4O/c1-8(11-7-16(3)15-9(11)2)13-6-12(17)14-10-4-5-10/h7-8,10,13H,4-6H2,1-3H3,(H,14,17). The highest BCUT2D eigenvalue weighted by Crippen LogP contribution is 2.18. The largest absolute Gasteiger partial charge is 0.352 e. The molecule has 94 valence electrons. The molecule has 1 aliphatic carbocycles. The molecule has 0 aliphatic heterocycles. The normalized spacial score (nSPS) is 16.9. The van der Waals surface area contributed by atoms with Crippen molar-refractivity contribution in [1.82, 2.24) is 20.4 Å². The van der Waals surface area contributed by atoms with Crippen LogP contribution in [0.2, 0.25) is 0 Å². The minimum atomic E-state index is 0.0842. The lowest BCUT2D eigenvalue weighted by Gasteiger charge is -2.12. The molecule has 0 bridgehead atoms. The number of carbonyl (C=O) groups is 1. The van der Waals surface area contributed by atoms with Gasteiger partial charge >= 0.3 is 0 Å². The van der Waals surface area contributed by atoms with Crippen LogP contribution >= 0.6 is 0 Å². The maximum absolute atomic E-state index is 11.5. The molecular weight excluding hydrogens is 216 g/mol. The highest BCUT2D eigenvalue weighted by Gasteiger charge is 2.23. The third-order valence-corrected chi connectivity index (χ3v) is 3.03. The van der Waals surface area contributed by atoms with Crippen LogP contribution < -0.4 is 10.6 Å². The van der Waals surface area contributed by atoms with E-state index < -0.39 is 0 Å². The molecule has 17 heavy (non-hydrogen) atoms. The SMILES string of the molecule is Cc1nn(C)cc1C(C)NCC(=O)NC1CC1. The first-order chi connectivity index (χ1) is 8.06. The van der Waals surface area contributed by atoms with Crippen molar-refractivity contribution in [3.8, 4) is 0 Å². The second-order valence-corrected chi connectivity index (χ2v) is 4.79. The van der Waals surface area contributed by atoms with E-state index in [1.165, 1.54) is 0 Å². The molecule has 5 heteroatoms. The Hall–Kier alpha value is -1.36. The molecule has 1 saturated carbocycles. The fraction of sp³-hybridized carbons (Fsp3) is 0.667. The van der Waals surface area contributed by atoms with Gasteiger partial charge in [0.05, 0.1) is 12.2 Å². The van der Waals surface area contributed by atoms with E-state index in [2.05, 4.69) is 22.7 Å². The Morgan fingerprint density at radius 2 is 2.35 bits per heavy atom. The van der Waals surface area contributed by atoms with Crippen LogP contribution in [0.25, 0.3) is 0 Å². The van der Waals surface area contributed by atoms with Gasteiger partial charge in [0.25, 0.3) is 0 Å². The second-order valence-electron chi connectivity index (χ2n) is 4.79. The molecule has 1 atom stereocenters. The van der Waals surface area contributed by atoms with Crippen molar-refractivity contribution in [2.24, 2.45) is 7.05 Å².